The van der Waals surface area contributed by atoms with Gasteiger partial charge in [0, 0.05) is 32.8 Å². The van der Waals surface area contributed by atoms with Crippen LogP contribution < -0.4 is 63.8 Å². The molecule has 6 aliphatic rings. The molecule has 3 fully saturated rings. The van der Waals surface area contributed by atoms with E-state index >= 15 is 0 Å². The SMILES string of the molecule is C=C1O[C@@H]2/C=C/CCS(=O)S(=O)SC[C@@H](NC(=O)[C@@H](C(C)C)NC(=O)C2)C(=O)N/C(=C\C)C(=O)N[C@H]1C(C)C.C=C1O[C@@H]2/C=C/CCS(=O)SS(=O)C[C@@H](NC(=O)[C@@H](C(C)C)NC(=O)C2)C(=O)N/C(=C\C)C(=O)N[C@H]1C(C)C.C=C1O[C@@H]2/C=C/CCSS(=O)S(=O)C[C@@H](NC(=O)[C@@H](C(C)C)NC(=O)C2)C(=O)N/C(=C\C)C(=O)N[C@H]1C(C)C. The van der Waals surface area contributed by atoms with Crippen molar-refractivity contribution in [2.75, 3.05) is 34.5 Å². The number of carbonyl (C=O) groups is 12. The maximum Gasteiger partial charge on any atom is 0.268 e. The van der Waals surface area contributed by atoms with Crippen LogP contribution in [-0.4, -0.2) is 203 Å². The normalized spacial score (nSPS) is 32.4. The van der Waals surface area contributed by atoms with Crippen LogP contribution >= 0.6 is 31.4 Å². The molecule has 12 N–H and O–H groups in total. The lowest BCUT2D eigenvalue weighted by molar-refractivity contribution is -0.133. The fourth-order valence-corrected chi connectivity index (χ4v) is 26.6. The van der Waals surface area contributed by atoms with Crippen molar-refractivity contribution in [2.24, 2.45) is 35.5 Å². The van der Waals surface area contributed by atoms with E-state index in [9.17, 15) is 82.8 Å². The van der Waals surface area contributed by atoms with Gasteiger partial charge in [0.15, 0.2) is 17.7 Å². The van der Waals surface area contributed by atoms with Crippen LogP contribution in [0.2, 0.25) is 0 Å². The fourth-order valence-electron chi connectivity index (χ4n) is 11.4. The summed E-state index contributed by atoms with van der Waals surface area (Å²) in [5, 5.41) is 31.8. The van der Waals surface area contributed by atoms with Gasteiger partial charge in [-0.2, -0.15) is 0 Å². The maximum atomic E-state index is 13.3. The zero-order valence-corrected chi connectivity index (χ0v) is 75.8. The van der Waals surface area contributed by atoms with Crippen molar-refractivity contribution in [2.45, 2.75) is 215 Å². The second kappa shape index (κ2) is 50.7. The van der Waals surface area contributed by atoms with Gasteiger partial charge in [0.2, 0.25) is 53.2 Å². The Morgan fingerprint density at radius 2 is 0.692 bits per heavy atom. The molecule has 18 atom stereocenters. The van der Waals surface area contributed by atoms with E-state index < -0.39 is 206 Å². The Morgan fingerprint density at radius 1 is 0.376 bits per heavy atom. The van der Waals surface area contributed by atoms with E-state index in [0.717, 1.165) is 21.6 Å². The number of rotatable bonds is 6. The highest BCUT2D eigenvalue weighted by Gasteiger charge is 2.39. The lowest BCUT2D eigenvalue weighted by atomic mass is 10.0. The lowest BCUT2D eigenvalue weighted by Crippen LogP contribution is -2.57. The zero-order chi connectivity index (χ0) is 87.8. The summed E-state index contributed by atoms with van der Waals surface area (Å²) in [5.41, 5.74) is -0.249. The van der Waals surface area contributed by atoms with Crippen LogP contribution in [0.5, 0.6) is 0 Å². The summed E-state index contributed by atoms with van der Waals surface area (Å²) in [7, 11) is -8.41. The van der Waals surface area contributed by atoms with E-state index in [1.165, 1.54) is 18.2 Å². The molecule has 0 aliphatic carbocycles. The number of nitrogens with one attached hydrogen (secondary N) is 12. The quantitative estimate of drug-likeness (QED) is 0.103. The Hall–Kier alpha value is -7.35. The molecule has 6 aliphatic heterocycles. The Kier molecular flexibility index (Phi) is 44.2. The number of carbonyl (C=O) groups excluding carboxylic acids is 12. The van der Waals surface area contributed by atoms with Gasteiger partial charge in [-0.05, 0) is 115 Å². The third-order valence-electron chi connectivity index (χ3n) is 17.8. The van der Waals surface area contributed by atoms with Crippen LogP contribution in [0, 0.1) is 35.5 Å². The first-order chi connectivity index (χ1) is 55.0. The fraction of sp³-hybridized carbons (Fsp3) is 0.600. The number of amides is 12. The second-order valence-corrected chi connectivity index (χ2v) is 47.9. The van der Waals surface area contributed by atoms with Crippen LogP contribution in [0.4, 0.5) is 0 Å². The summed E-state index contributed by atoms with van der Waals surface area (Å²) in [6, 6.07) is -8.96. The van der Waals surface area contributed by atoms with Crippen molar-refractivity contribution in [3.05, 3.63) is 109 Å². The Balaban J connectivity index is 0.000000369. The lowest BCUT2D eigenvalue weighted by Gasteiger charge is -2.29. The van der Waals surface area contributed by atoms with Crippen molar-refractivity contribution in [3.8, 4) is 0 Å². The van der Waals surface area contributed by atoms with E-state index in [4.69, 9.17) is 14.2 Å². The first kappa shape index (κ1) is 102. The summed E-state index contributed by atoms with van der Waals surface area (Å²) in [4.78, 5) is 158. The predicted octanol–water partition coefficient (Wildman–Crippen LogP) is 3.29. The minimum Gasteiger partial charge on any atom is -0.489 e. The van der Waals surface area contributed by atoms with Gasteiger partial charge in [-0.25, -0.2) is 25.3 Å². The average molecular weight is 1810 g/mol. The standard InChI is InChI=1S/3C25H38N4O7S3/c1-7-18-23(31)29-21(14(2)3)16(6)36-17-10-8-9-11-38(34)37-39(35)13-19(24(32)26-18)27-25(33)22(15(4)5)28-20(30)12-17;1-7-18-23(31)29-21(14(2)3)16(6)36-17-10-8-9-11-38(34)39(35)37-13-19(24(32)26-18)27-25(33)22(15(4)5)28-20(30)12-17;1-7-18-23(31)29-21(14(2)3)16(6)36-17-10-8-9-11-37-39(35)38(34)13-19(24(32)26-18)27-25(33)22(15(4)5)28-20(30)12-17/h3*7-8,10,14-15,17,19,21-22H,6,9,11-13H2,1-5H3,(H,26,32)(H,27,33)(H,28,30)(H,29,31)/b3*10-8+,18-7-/t3*17-,19-,21+,22-,38?,39?/m111/s1. The van der Waals surface area contributed by atoms with Crippen molar-refractivity contribution >= 4 is 159 Å². The monoisotopic (exact) mass is 1810 g/mol. The molecule has 0 aromatic carbocycles. The van der Waals surface area contributed by atoms with E-state index in [0.29, 0.717) is 34.8 Å². The van der Waals surface area contributed by atoms with Crippen LogP contribution in [0.25, 0.3) is 0 Å². The number of hydrogen-bond donors (Lipinski definition) is 12. The van der Waals surface area contributed by atoms with Crippen LogP contribution in [0.1, 0.15) is 142 Å². The first-order valence-electron chi connectivity index (χ1n) is 38.0. The number of allylic oxidation sites excluding steroid dienone is 6. The molecule has 6 unspecified atom stereocenters. The molecule has 6 heterocycles. The first-order valence-corrected chi connectivity index (χ1v) is 51.5. The second-order valence-electron chi connectivity index (χ2n) is 29.4. The molecular formula is C75H114N12O21S9. The van der Waals surface area contributed by atoms with Gasteiger partial charge in [0.25, 0.3) is 17.7 Å². The number of fused-ring (bicyclic) bond motifs is 21. The van der Waals surface area contributed by atoms with E-state index in [1.54, 1.807) is 98.8 Å². The molecule has 654 valence electrons. The van der Waals surface area contributed by atoms with Gasteiger partial charge in [0.1, 0.15) is 109 Å². The van der Waals surface area contributed by atoms with Gasteiger partial charge in [-0.15, -0.1) is 0 Å². The van der Waals surface area contributed by atoms with Gasteiger partial charge in [0.05, 0.1) is 68.6 Å². The van der Waals surface area contributed by atoms with E-state index in [-0.39, 0.29) is 112 Å². The Labute approximate surface area is 708 Å². The molecule has 0 saturated carbocycles. The molecule has 117 heavy (non-hydrogen) atoms. The Morgan fingerprint density at radius 3 is 1.04 bits per heavy atom. The van der Waals surface area contributed by atoms with Crippen LogP contribution in [0.15, 0.2) is 109 Å². The van der Waals surface area contributed by atoms with Crippen molar-refractivity contribution in [1.82, 2.24) is 63.8 Å². The zero-order valence-electron chi connectivity index (χ0n) is 68.4. The molecule has 42 heteroatoms. The third-order valence-corrected chi connectivity index (χ3v) is 36.2. The summed E-state index contributed by atoms with van der Waals surface area (Å²) < 4.78 is 94.1. The molecule has 33 nitrogen and oxygen atoms in total. The highest BCUT2D eigenvalue weighted by Crippen LogP contribution is 2.26. The minimum atomic E-state index is -2.01. The highest BCUT2D eigenvalue weighted by atomic mass is 33.5. The van der Waals surface area contributed by atoms with Crippen molar-refractivity contribution in [3.63, 3.8) is 0 Å². The summed E-state index contributed by atoms with van der Waals surface area (Å²) in [5.74, 6) is -8.80. The van der Waals surface area contributed by atoms with Crippen molar-refractivity contribution < 1.29 is 97.0 Å². The molecule has 6 rings (SSSR count). The van der Waals surface area contributed by atoms with E-state index in [1.807, 2.05) is 41.5 Å². The minimum absolute atomic E-state index is 0.0641. The summed E-state index contributed by atoms with van der Waals surface area (Å²) in [6.45, 7) is 38.2. The molecule has 0 aromatic rings. The molecule has 0 aromatic heterocycles. The van der Waals surface area contributed by atoms with Crippen molar-refractivity contribution in [1.29, 1.82) is 0 Å². The van der Waals surface area contributed by atoms with Gasteiger partial charge in [-0.1, -0.05) is 139 Å². The molecule has 0 spiro atoms. The molecule has 6 bridgehead atoms. The number of ether oxygens (including phenoxy) is 3. The molecule has 12 amide bonds. The topological polar surface area (TPSA) is 479 Å². The Bertz CT molecular complexity index is 4010. The van der Waals surface area contributed by atoms with Crippen LogP contribution in [0.3, 0.4) is 0 Å². The highest BCUT2D eigenvalue weighted by molar-refractivity contribution is 9.01. The maximum absolute atomic E-state index is 13.3. The number of hydrogen-bond acceptors (Lipinski definition) is 24. The predicted molar refractivity (Wildman–Crippen MR) is 460 cm³/mol. The van der Waals surface area contributed by atoms with Gasteiger partial charge < -0.3 is 78.0 Å². The van der Waals surface area contributed by atoms with Gasteiger partial charge >= 0.3 is 0 Å². The third kappa shape index (κ3) is 34.4. The van der Waals surface area contributed by atoms with Gasteiger partial charge in [-0.3, -0.25) is 57.5 Å². The van der Waals surface area contributed by atoms with Crippen LogP contribution in [-0.2, 0) is 129 Å². The largest absolute Gasteiger partial charge is 0.489 e. The molecular weight excluding hydrogens is 1690 g/mol. The summed E-state index contributed by atoms with van der Waals surface area (Å²) >= 11 is 0. The molecule has 0 radical (unpaired) electrons. The molecule has 3 saturated heterocycles. The van der Waals surface area contributed by atoms with E-state index in [2.05, 4.69) is 83.5 Å². The smallest absolute Gasteiger partial charge is 0.268 e. The average Bonchev–Trinajstić information content (AvgIpc) is 0.848. The summed E-state index contributed by atoms with van der Waals surface area (Å²) in [6.07, 6.45) is 12.6.